The fourth-order valence-electron chi connectivity index (χ4n) is 2.84. The van der Waals surface area contributed by atoms with Crippen LogP contribution in [-0.4, -0.2) is 41.1 Å². The third-order valence-electron chi connectivity index (χ3n) is 4.00. The van der Waals surface area contributed by atoms with Gasteiger partial charge in [0.25, 0.3) is 5.91 Å². The standard InChI is InChI=1S/C17H23NO4/c1-13(22-15-7-3-2-4-8-15)17(21)18-11-5-6-14(12-18)9-10-16(19)20/h2-4,7-8,13-14H,5-6,9-12H2,1H3,(H,19,20)/t13-,14+/m0/s1. The summed E-state index contributed by atoms with van der Waals surface area (Å²) in [7, 11) is 0. The number of carbonyl (C=O) groups is 2. The van der Waals surface area contributed by atoms with E-state index >= 15 is 0 Å². The molecular weight excluding hydrogens is 282 g/mol. The lowest BCUT2D eigenvalue weighted by atomic mass is 9.93. The second kappa shape index (κ2) is 7.82. The quantitative estimate of drug-likeness (QED) is 0.877. The van der Waals surface area contributed by atoms with Crippen molar-refractivity contribution in [1.29, 1.82) is 0 Å². The summed E-state index contributed by atoms with van der Waals surface area (Å²) >= 11 is 0. The fraction of sp³-hybridized carbons (Fsp3) is 0.529. The number of hydrogen-bond acceptors (Lipinski definition) is 3. The molecule has 0 spiro atoms. The molecule has 0 aliphatic carbocycles. The second-order valence-electron chi connectivity index (χ2n) is 5.80. The molecule has 1 amide bonds. The average Bonchev–Trinajstić information content (AvgIpc) is 2.53. The van der Waals surface area contributed by atoms with E-state index < -0.39 is 12.1 Å². The molecule has 1 aromatic rings. The van der Waals surface area contributed by atoms with E-state index in [9.17, 15) is 9.59 Å². The van der Waals surface area contributed by atoms with Crippen LogP contribution in [-0.2, 0) is 9.59 Å². The van der Waals surface area contributed by atoms with Gasteiger partial charge in [-0.15, -0.1) is 0 Å². The molecule has 120 valence electrons. The molecular formula is C17H23NO4. The first kappa shape index (κ1) is 16.3. The molecule has 5 heteroatoms. The van der Waals surface area contributed by atoms with Crippen LogP contribution in [0.2, 0.25) is 0 Å². The highest BCUT2D eigenvalue weighted by Crippen LogP contribution is 2.22. The molecule has 1 aliphatic rings. The van der Waals surface area contributed by atoms with Gasteiger partial charge in [0.05, 0.1) is 0 Å². The van der Waals surface area contributed by atoms with Crippen LogP contribution in [0.15, 0.2) is 30.3 Å². The summed E-state index contributed by atoms with van der Waals surface area (Å²) in [6.45, 7) is 3.12. The number of piperidine rings is 1. The zero-order valence-electron chi connectivity index (χ0n) is 12.9. The Morgan fingerprint density at radius 3 is 2.77 bits per heavy atom. The summed E-state index contributed by atoms with van der Waals surface area (Å²) in [5, 5.41) is 8.77. The van der Waals surface area contributed by atoms with Crippen molar-refractivity contribution in [3.63, 3.8) is 0 Å². The molecule has 0 saturated carbocycles. The van der Waals surface area contributed by atoms with Crippen LogP contribution >= 0.6 is 0 Å². The Bertz CT molecular complexity index is 503. The molecule has 2 atom stereocenters. The molecule has 0 radical (unpaired) electrons. The van der Waals surface area contributed by atoms with Gasteiger partial charge >= 0.3 is 5.97 Å². The lowest BCUT2D eigenvalue weighted by Gasteiger charge is -2.34. The van der Waals surface area contributed by atoms with E-state index in [-0.39, 0.29) is 18.2 Å². The van der Waals surface area contributed by atoms with Crippen LogP contribution in [0.25, 0.3) is 0 Å². The van der Waals surface area contributed by atoms with Gasteiger partial charge in [-0.05, 0) is 44.2 Å². The van der Waals surface area contributed by atoms with Crippen LogP contribution in [0.5, 0.6) is 5.75 Å². The molecule has 1 aliphatic heterocycles. The van der Waals surface area contributed by atoms with Gasteiger partial charge in [-0.1, -0.05) is 18.2 Å². The second-order valence-corrected chi connectivity index (χ2v) is 5.80. The van der Waals surface area contributed by atoms with E-state index in [1.807, 2.05) is 35.2 Å². The van der Waals surface area contributed by atoms with Crippen LogP contribution in [0.1, 0.15) is 32.6 Å². The van der Waals surface area contributed by atoms with E-state index in [2.05, 4.69) is 0 Å². The van der Waals surface area contributed by atoms with Crippen molar-refractivity contribution in [2.45, 2.75) is 38.7 Å². The fourth-order valence-corrected chi connectivity index (χ4v) is 2.84. The summed E-state index contributed by atoms with van der Waals surface area (Å²) in [5.74, 6) is 0.161. The summed E-state index contributed by atoms with van der Waals surface area (Å²) < 4.78 is 5.68. The predicted molar refractivity (Wildman–Crippen MR) is 82.7 cm³/mol. The largest absolute Gasteiger partial charge is 0.481 e. The number of benzene rings is 1. The maximum Gasteiger partial charge on any atom is 0.303 e. The van der Waals surface area contributed by atoms with E-state index in [1.165, 1.54) is 0 Å². The first-order valence-corrected chi connectivity index (χ1v) is 7.78. The average molecular weight is 305 g/mol. The van der Waals surface area contributed by atoms with Gasteiger partial charge in [0, 0.05) is 19.5 Å². The minimum atomic E-state index is -0.774. The van der Waals surface area contributed by atoms with Crippen LogP contribution in [0.3, 0.4) is 0 Å². The number of aliphatic carboxylic acids is 1. The van der Waals surface area contributed by atoms with E-state index in [4.69, 9.17) is 9.84 Å². The maximum absolute atomic E-state index is 12.5. The number of amides is 1. The summed E-state index contributed by atoms with van der Waals surface area (Å²) in [6.07, 6.45) is 2.19. The van der Waals surface area contributed by atoms with Crippen molar-refractivity contribution >= 4 is 11.9 Å². The summed E-state index contributed by atoms with van der Waals surface area (Å²) in [6, 6.07) is 9.30. The van der Waals surface area contributed by atoms with Crippen LogP contribution in [0.4, 0.5) is 0 Å². The van der Waals surface area contributed by atoms with Gasteiger partial charge in [-0.25, -0.2) is 0 Å². The number of carbonyl (C=O) groups excluding carboxylic acids is 1. The Labute approximate surface area is 130 Å². The Morgan fingerprint density at radius 2 is 2.09 bits per heavy atom. The van der Waals surface area contributed by atoms with Crippen molar-refractivity contribution in [2.24, 2.45) is 5.92 Å². The molecule has 1 fully saturated rings. The molecule has 1 saturated heterocycles. The predicted octanol–water partition coefficient (Wildman–Crippen LogP) is 2.56. The zero-order valence-corrected chi connectivity index (χ0v) is 12.9. The van der Waals surface area contributed by atoms with Crippen molar-refractivity contribution in [2.75, 3.05) is 13.1 Å². The number of para-hydroxylation sites is 1. The first-order chi connectivity index (χ1) is 10.6. The highest BCUT2D eigenvalue weighted by molar-refractivity contribution is 5.81. The SMILES string of the molecule is C[C@H](Oc1ccccc1)C(=O)N1CCC[C@H](CCC(=O)O)C1. The number of nitrogens with zero attached hydrogens (tertiary/aromatic N) is 1. The van der Waals surface area contributed by atoms with Crippen LogP contribution in [0, 0.1) is 5.92 Å². The number of hydrogen-bond donors (Lipinski definition) is 1. The molecule has 0 aromatic heterocycles. The third kappa shape index (κ3) is 4.76. The van der Waals surface area contributed by atoms with E-state index in [1.54, 1.807) is 6.92 Å². The van der Waals surface area contributed by atoms with Gasteiger partial charge in [-0.3, -0.25) is 9.59 Å². The lowest BCUT2D eigenvalue weighted by Crippen LogP contribution is -2.45. The number of carboxylic acids is 1. The van der Waals surface area contributed by atoms with Crippen molar-refractivity contribution in [3.05, 3.63) is 30.3 Å². The molecule has 0 bridgehead atoms. The van der Waals surface area contributed by atoms with Gasteiger partial charge in [0.1, 0.15) is 5.75 Å². The lowest BCUT2D eigenvalue weighted by molar-refractivity contribution is -0.140. The summed E-state index contributed by atoms with van der Waals surface area (Å²) in [4.78, 5) is 24.9. The minimum absolute atomic E-state index is 0.0242. The molecule has 2 rings (SSSR count). The molecule has 22 heavy (non-hydrogen) atoms. The number of rotatable bonds is 6. The number of ether oxygens (including phenoxy) is 1. The van der Waals surface area contributed by atoms with Gasteiger partial charge in [0.15, 0.2) is 6.10 Å². The van der Waals surface area contributed by atoms with Gasteiger partial charge in [0.2, 0.25) is 0 Å². The molecule has 1 heterocycles. The first-order valence-electron chi connectivity index (χ1n) is 7.78. The maximum atomic E-state index is 12.5. The smallest absolute Gasteiger partial charge is 0.303 e. The monoisotopic (exact) mass is 305 g/mol. The van der Waals surface area contributed by atoms with Crippen molar-refractivity contribution in [3.8, 4) is 5.75 Å². The number of carboxylic acid groups (broad SMARTS) is 1. The molecule has 5 nitrogen and oxygen atoms in total. The zero-order chi connectivity index (χ0) is 15.9. The highest BCUT2D eigenvalue weighted by atomic mass is 16.5. The third-order valence-corrected chi connectivity index (χ3v) is 4.00. The Balaban J connectivity index is 1.86. The number of likely N-dealkylation sites (tertiary alicyclic amines) is 1. The Morgan fingerprint density at radius 1 is 1.36 bits per heavy atom. The normalized spacial score (nSPS) is 19.5. The molecule has 0 unspecified atom stereocenters. The Kier molecular flexibility index (Phi) is 5.81. The van der Waals surface area contributed by atoms with Crippen molar-refractivity contribution < 1.29 is 19.4 Å². The highest BCUT2D eigenvalue weighted by Gasteiger charge is 2.27. The van der Waals surface area contributed by atoms with Crippen LogP contribution < -0.4 is 4.74 Å². The van der Waals surface area contributed by atoms with Gasteiger partial charge in [-0.2, -0.15) is 0 Å². The van der Waals surface area contributed by atoms with E-state index in [0.29, 0.717) is 18.7 Å². The molecule has 1 aromatic carbocycles. The topological polar surface area (TPSA) is 66.8 Å². The van der Waals surface area contributed by atoms with Crippen molar-refractivity contribution in [1.82, 2.24) is 4.90 Å². The van der Waals surface area contributed by atoms with Gasteiger partial charge < -0.3 is 14.7 Å². The molecule has 1 N–H and O–H groups in total. The van der Waals surface area contributed by atoms with E-state index in [0.717, 1.165) is 19.4 Å². The summed E-state index contributed by atoms with van der Waals surface area (Å²) in [5.41, 5.74) is 0. The minimum Gasteiger partial charge on any atom is -0.481 e. The Hall–Kier alpha value is -2.04.